The zero-order chi connectivity index (χ0) is 10.8. The third kappa shape index (κ3) is 3.22. The molecule has 1 nitrogen and oxygen atoms in total. The largest absolute Gasteiger partial charge is 0.261 e. The highest BCUT2D eigenvalue weighted by Gasteiger charge is 2.32. The van der Waals surface area contributed by atoms with E-state index in [-0.39, 0.29) is 6.42 Å². The Bertz CT molecular complexity index is 292. The molecule has 14 heavy (non-hydrogen) atoms. The van der Waals surface area contributed by atoms with E-state index in [1.165, 1.54) is 0 Å². The van der Waals surface area contributed by atoms with Gasteiger partial charge in [0.1, 0.15) is 5.38 Å². The second-order valence-electron chi connectivity index (χ2n) is 3.45. The molecule has 1 unspecified atom stereocenters. The zero-order valence-corrected chi connectivity index (χ0v) is 8.85. The van der Waals surface area contributed by atoms with Gasteiger partial charge in [-0.05, 0) is 18.6 Å². The van der Waals surface area contributed by atoms with Gasteiger partial charge in [-0.2, -0.15) is 0 Å². The fraction of sp³-hybridized carbons (Fsp3) is 0.500. The van der Waals surface area contributed by atoms with Crippen molar-refractivity contribution < 1.29 is 8.78 Å². The SMILES string of the molecule is Cc1ccc(CC(Cl)C(C)(F)F)nc1. The molecule has 0 aliphatic carbocycles. The van der Waals surface area contributed by atoms with Gasteiger partial charge in [0.25, 0.3) is 5.92 Å². The molecule has 0 aliphatic rings. The number of hydrogen-bond donors (Lipinski definition) is 0. The van der Waals surface area contributed by atoms with Gasteiger partial charge in [-0.25, -0.2) is 8.78 Å². The topological polar surface area (TPSA) is 12.9 Å². The normalized spacial score (nSPS) is 14.1. The summed E-state index contributed by atoms with van der Waals surface area (Å²) in [4.78, 5) is 4.01. The fourth-order valence-electron chi connectivity index (χ4n) is 0.982. The van der Waals surface area contributed by atoms with Gasteiger partial charge >= 0.3 is 0 Å². The third-order valence-electron chi connectivity index (χ3n) is 1.91. The molecule has 0 radical (unpaired) electrons. The molecule has 0 bridgehead atoms. The van der Waals surface area contributed by atoms with Crippen LogP contribution in [0, 0.1) is 6.92 Å². The molecule has 0 saturated heterocycles. The van der Waals surface area contributed by atoms with Crippen LogP contribution >= 0.6 is 11.6 Å². The van der Waals surface area contributed by atoms with Gasteiger partial charge < -0.3 is 0 Å². The number of halogens is 3. The Hall–Kier alpha value is -0.700. The van der Waals surface area contributed by atoms with Crippen molar-refractivity contribution in [3.63, 3.8) is 0 Å². The van der Waals surface area contributed by atoms with E-state index in [2.05, 4.69) is 4.98 Å². The lowest BCUT2D eigenvalue weighted by Crippen LogP contribution is -2.27. The molecule has 0 spiro atoms. The molecule has 1 aromatic rings. The van der Waals surface area contributed by atoms with Crippen LogP contribution in [0.25, 0.3) is 0 Å². The van der Waals surface area contributed by atoms with Gasteiger partial charge in [0, 0.05) is 25.2 Å². The van der Waals surface area contributed by atoms with Crippen LogP contribution in [0.4, 0.5) is 8.78 Å². The van der Waals surface area contributed by atoms with Crippen LogP contribution in [0.3, 0.4) is 0 Å². The molecule has 0 saturated carbocycles. The van der Waals surface area contributed by atoms with E-state index in [9.17, 15) is 8.78 Å². The maximum Gasteiger partial charge on any atom is 0.261 e. The smallest absolute Gasteiger partial charge is 0.261 e. The predicted molar refractivity (Wildman–Crippen MR) is 52.9 cm³/mol. The molecule has 0 amide bonds. The van der Waals surface area contributed by atoms with Crippen molar-refractivity contribution in [2.45, 2.75) is 31.6 Å². The molecule has 1 rings (SSSR count). The molecule has 78 valence electrons. The van der Waals surface area contributed by atoms with Crippen LogP contribution in [0.2, 0.25) is 0 Å². The Morgan fingerprint density at radius 3 is 2.57 bits per heavy atom. The zero-order valence-electron chi connectivity index (χ0n) is 8.10. The Morgan fingerprint density at radius 2 is 2.14 bits per heavy atom. The quantitative estimate of drug-likeness (QED) is 0.712. The lowest BCUT2D eigenvalue weighted by atomic mass is 10.1. The lowest BCUT2D eigenvalue weighted by Gasteiger charge is -2.16. The van der Waals surface area contributed by atoms with Gasteiger partial charge in [-0.1, -0.05) is 6.07 Å². The number of rotatable bonds is 3. The number of aromatic nitrogens is 1. The van der Waals surface area contributed by atoms with Gasteiger partial charge in [0.15, 0.2) is 0 Å². The van der Waals surface area contributed by atoms with Crippen LogP contribution in [-0.2, 0) is 6.42 Å². The second kappa shape index (κ2) is 4.22. The van der Waals surface area contributed by atoms with Gasteiger partial charge in [0.2, 0.25) is 0 Å². The van der Waals surface area contributed by atoms with Crippen LogP contribution in [-0.4, -0.2) is 16.3 Å². The summed E-state index contributed by atoms with van der Waals surface area (Å²) in [5, 5.41) is -1.20. The van der Waals surface area contributed by atoms with E-state index in [1.54, 1.807) is 12.3 Å². The molecule has 1 heterocycles. The van der Waals surface area contributed by atoms with Crippen molar-refractivity contribution in [3.05, 3.63) is 29.6 Å². The van der Waals surface area contributed by atoms with Crippen molar-refractivity contribution in [2.75, 3.05) is 0 Å². The summed E-state index contributed by atoms with van der Waals surface area (Å²) >= 11 is 5.54. The van der Waals surface area contributed by atoms with E-state index in [4.69, 9.17) is 11.6 Å². The number of pyridine rings is 1. The summed E-state index contributed by atoms with van der Waals surface area (Å²) < 4.78 is 25.4. The fourth-order valence-corrected chi connectivity index (χ4v) is 1.14. The van der Waals surface area contributed by atoms with E-state index in [1.807, 2.05) is 13.0 Å². The monoisotopic (exact) mass is 219 g/mol. The van der Waals surface area contributed by atoms with Crippen LogP contribution in [0.15, 0.2) is 18.3 Å². The molecular formula is C10H12ClF2N. The molecular weight excluding hydrogens is 208 g/mol. The van der Waals surface area contributed by atoms with Crippen LogP contribution < -0.4 is 0 Å². The summed E-state index contributed by atoms with van der Waals surface area (Å²) in [5.74, 6) is -2.87. The van der Waals surface area contributed by atoms with Crippen molar-refractivity contribution in [2.24, 2.45) is 0 Å². The van der Waals surface area contributed by atoms with Gasteiger partial charge in [-0.3, -0.25) is 4.98 Å². The summed E-state index contributed by atoms with van der Waals surface area (Å²) in [7, 11) is 0. The average molecular weight is 220 g/mol. The first kappa shape index (κ1) is 11.4. The molecule has 0 aromatic carbocycles. The first-order valence-corrected chi connectivity index (χ1v) is 4.76. The number of nitrogens with zero attached hydrogens (tertiary/aromatic N) is 1. The number of aryl methyl sites for hydroxylation is 1. The average Bonchev–Trinajstić information content (AvgIpc) is 2.07. The third-order valence-corrected chi connectivity index (χ3v) is 2.45. The molecule has 1 atom stereocenters. The maximum absolute atomic E-state index is 12.7. The highest BCUT2D eigenvalue weighted by molar-refractivity contribution is 6.21. The van der Waals surface area contributed by atoms with E-state index < -0.39 is 11.3 Å². The minimum absolute atomic E-state index is 0.0886. The van der Waals surface area contributed by atoms with E-state index in [0.29, 0.717) is 5.69 Å². The van der Waals surface area contributed by atoms with Crippen LogP contribution in [0.5, 0.6) is 0 Å². The molecule has 0 N–H and O–H groups in total. The minimum atomic E-state index is -2.87. The Balaban J connectivity index is 2.65. The standard InChI is InChI=1S/C10H12ClF2N/c1-7-3-4-8(14-6-7)5-9(11)10(2,12)13/h3-4,6,9H,5H2,1-2H3. The Kier molecular flexibility index (Phi) is 3.43. The lowest BCUT2D eigenvalue weighted by molar-refractivity contribution is 0.0173. The van der Waals surface area contributed by atoms with Crippen molar-refractivity contribution in [1.82, 2.24) is 4.98 Å². The minimum Gasteiger partial charge on any atom is -0.261 e. The first-order valence-electron chi connectivity index (χ1n) is 4.33. The highest BCUT2D eigenvalue weighted by Crippen LogP contribution is 2.25. The molecule has 1 aromatic heterocycles. The molecule has 4 heteroatoms. The van der Waals surface area contributed by atoms with Gasteiger partial charge in [-0.15, -0.1) is 11.6 Å². The summed E-state index contributed by atoms with van der Waals surface area (Å²) in [6.07, 6.45) is 1.73. The molecule has 0 fully saturated rings. The number of hydrogen-bond acceptors (Lipinski definition) is 1. The van der Waals surface area contributed by atoms with E-state index >= 15 is 0 Å². The number of alkyl halides is 3. The van der Waals surface area contributed by atoms with Crippen molar-refractivity contribution in [1.29, 1.82) is 0 Å². The summed E-state index contributed by atoms with van der Waals surface area (Å²) in [6.45, 7) is 2.71. The van der Waals surface area contributed by atoms with Crippen molar-refractivity contribution in [3.8, 4) is 0 Å². The van der Waals surface area contributed by atoms with E-state index in [0.717, 1.165) is 12.5 Å². The van der Waals surface area contributed by atoms with Crippen molar-refractivity contribution >= 4 is 11.6 Å². The molecule has 0 aliphatic heterocycles. The summed E-state index contributed by atoms with van der Waals surface area (Å²) in [5.41, 5.74) is 1.60. The first-order chi connectivity index (χ1) is 6.39. The highest BCUT2D eigenvalue weighted by atomic mass is 35.5. The maximum atomic E-state index is 12.7. The predicted octanol–water partition coefficient (Wildman–Crippen LogP) is 3.20. The van der Waals surface area contributed by atoms with Gasteiger partial charge in [0.05, 0.1) is 0 Å². The second-order valence-corrected chi connectivity index (χ2v) is 3.98. The Morgan fingerprint density at radius 1 is 1.50 bits per heavy atom. The Labute approximate surface area is 87.1 Å². The summed E-state index contributed by atoms with van der Waals surface area (Å²) in [6, 6.07) is 3.55. The van der Waals surface area contributed by atoms with Crippen LogP contribution in [0.1, 0.15) is 18.2 Å².